The molecule has 0 aromatic heterocycles. The van der Waals surface area contributed by atoms with Crippen molar-refractivity contribution < 1.29 is 10.0 Å². The summed E-state index contributed by atoms with van der Waals surface area (Å²) >= 11 is 0. The Morgan fingerprint density at radius 1 is 1.28 bits per heavy atom. The van der Waals surface area contributed by atoms with Crippen molar-refractivity contribution in [3.8, 4) is 0 Å². The molecule has 0 saturated heterocycles. The SMILES string of the molecule is NC(=NO)C1(C(=O)NCC2CC2)CCCCCC1. The van der Waals surface area contributed by atoms with E-state index in [9.17, 15) is 4.79 Å². The highest BCUT2D eigenvalue weighted by molar-refractivity contribution is 6.06. The van der Waals surface area contributed by atoms with E-state index in [-0.39, 0.29) is 11.7 Å². The minimum atomic E-state index is -0.778. The number of amides is 1. The molecule has 0 aliphatic heterocycles. The molecule has 5 heteroatoms. The second kappa shape index (κ2) is 5.59. The first-order valence-electron chi connectivity index (χ1n) is 6.95. The van der Waals surface area contributed by atoms with Gasteiger partial charge >= 0.3 is 0 Å². The van der Waals surface area contributed by atoms with Crippen molar-refractivity contribution in [3.05, 3.63) is 0 Å². The van der Waals surface area contributed by atoms with E-state index in [4.69, 9.17) is 10.9 Å². The molecule has 18 heavy (non-hydrogen) atoms. The molecule has 0 bridgehead atoms. The summed E-state index contributed by atoms with van der Waals surface area (Å²) in [4.78, 5) is 12.4. The number of hydrogen-bond donors (Lipinski definition) is 3. The molecule has 0 aromatic carbocycles. The lowest BCUT2D eigenvalue weighted by molar-refractivity contribution is -0.128. The van der Waals surface area contributed by atoms with Gasteiger partial charge in [0.15, 0.2) is 5.84 Å². The zero-order chi connectivity index (χ0) is 13.0. The van der Waals surface area contributed by atoms with Crippen LogP contribution in [0.1, 0.15) is 51.4 Å². The van der Waals surface area contributed by atoms with Crippen LogP contribution in [0.2, 0.25) is 0 Å². The summed E-state index contributed by atoms with van der Waals surface area (Å²) < 4.78 is 0. The third-order valence-corrected chi connectivity index (χ3v) is 4.24. The second-order valence-electron chi connectivity index (χ2n) is 5.63. The van der Waals surface area contributed by atoms with E-state index in [0.717, 1.165) is 32.2 Å². The monoisotopic (exact) mass is 253 g/mol. The minimum Gasteiger partial charge on any atom is -0.409 e. The van der Waals surface area contributed by atoms with Gasteiger partial charge in [0.1, 0.15) is 5.41 Å². The summed E-state index contributed by atoms with van der Waals surface area (Å²) in [5.41, 5.74) is 5.04. The van der Waals surface area contributed by atoms with Gasteiger partial charge in [0, 0.05) is 6.54 Å². The van der Waals surface area contributed by atoms with Crippen LogP contribution in [-0.2, 0) is 4.79 Å². The minimum absolute atomic E-state index is 0.0494. The molecule has 0 radical (unpaired) electrons. The first-order valence-corrected chi connectivity index (χ1v) is 6.95. The normalized spacial score (nSPS) is 24.3. The molecular formula is C13H23N3O2. The Bertz CT molecular complexity index is 329. The lowest BCUT2D eigenvalue weighted by Crippen LogP contribution is -2.50. The zero-order valence-corrected chi connectivity index (χ0v) is 10.8. The maximum Gasteiger partial charge on any atom is 0.233 e. The van der Waals surface area contributed by atoms with E-state index in [2.05, 4.69) is 10.5 Å². The number of carbonyl (C=O) groups is 1. The van der Waals surface area contributed by atoms with Gasteiger partial charge < -0.3 is 16.3 Å². The topological polar surface area (TPSA) is 87.7 Å². The van der Waals surface area contributed by atoms with Crippen molar-refractivity contribution in [1.29, 1.82) is 0 Å². The van der Waals surface area contributed by atoms with E-state index in [1.54, 1.807) is 0 Å². The van der Waals surface area contributed by atoms with Gasteiger partial charge in [-0.05, 0) is 31.6 Å². The van der Waals surface area contributed by atoms with Gasteiger partial charge in [-0.1, -0.05) is 30.8 Å². The third-order valence-electron chi connectivity index (χ3n) is 4.24. The molecule has 0 atom stereocenters. The number of nitrogens with one attached hydrogen (secondary N) is 1. The first kappa shape index (κ1) is 13.2. The van der Waals surface area contributed by atoms with Crippen molar-refractivity contribution in [2.45, 2.75) is 51.4 Å². The highest BCUT2D eigenvalue weighted by Crippen LogP contribution is 2.36. The Morgan fingerprint density at radius 3 is 2.39 bits per heavy atom. The molecule has 4 N–H and O–H groups in total. The summed E-state index contributed by atoms with van der Waals surface area (Å²) in [5.74, 6) is 0.674. The highest BCUT2D eigenvalue weighted by atomic mass is 16.4. The van der Waals surface area contributed by atoms with Crippen LogP contribution in [0.25, 0.3) is 0 Å². The number of rotatable bonds is 4. The molecular weight excluding hydrogens is 230 g/mol. The van der Waals surface area contributed by atoms with Crippen molar-refractivity contribution in [1.82, 2.24) is 5.32 Å². The molecule has 2 aliphatic rings. The lowest BCUT2D eigenvalue weighted by atomic mass is 9.78. The van der Waals surface area contributed by atoms with Crippen molar-refractivity contribution >= 4 is 11.7 Å². The second-order valence-corrected chi connectivity index (χ2v) is 5.63. The predicted molar refractivity (Wildman–Crippen MR) is 69.3 cm³/mol. The number of carbonyl (C=O) groups excluding carboxylic acids is 1. The predicted octanol–water partition coefficient (Wildman–Crippen LogP) is 1.60. The van der Waals surface area contributed by atoms with Crippen molar-refractivity contribution in [2.75, 3.05) is 6.54 Å². The lowest BCUT2D eigenvalue weighted by Gasteiger charge is -2.29. The number of hydrogen-bond acceptors (Lipinski definition) is 3. The molecule has 0 unspecified atom stereocenters. The third kappa shape index (κ3) is 2.76. The van der Waals surface area contributed by atoms with Crippen LogP contribution in [0.3, 0.4) is 0 Å². The fourth-order valence-electron chi connectivity index (χ4n) is 2.76. The maximum absolute atomic E-state index is 12.4. The van der Waals surface area contributed by atoms with Crippen LogP contribution in [0.15, 0.2) is 5.16 Å². The van der Waals surface area contributed by atoms with Gasteiger partial charge in [0.05, 0.1) is 0 Å². The number of nitrogens with zero attached hydrogens (tertiary/aromatic N) is 1. The molecule has 0 heterocycles. The zero-order valence-electron chi connectivity index (χ0n) is 10.8. The van der Waals surface area contributed by atoms with E-state index >= 15 is 0 Å². The maximum atomic E-state index is 12.4. The molecule has 102 valence electrons. The van der Waals surface area contributed by atoms with Crippen LogP contribution < -0.4 is 11.1 Å². The molecule has 2 aliphatic carbocycles. The van der Waals surface area contributed by atoms with Crippen LogP contribution in [-0.4, -0.2) is 23.5 Å². The summed E-state index contributed by atoms with van der Waals surface area (Å²) in [7, 11) is 0. The Kier molecular flexibility index (Phi) is 4.09. The molecule has 2 fully saturated rings. The fraction of sp³-hybridized carbons (Fsp3) is 0.846. The summed E-state index contributed by atoms with van der Waals surface area (Å²) in [5, 5.41) is 15.1. The van der Waals surface area contributed by atoms with Gasteiger partial charge in [-0.3, -0.25) is 4.79 Å². The van der Waals surface area contributed by atoms with E-state index in [1.165, 1.54) is 12.8 Å². The summed E-state index contributed by atoms with van der Waals surface area (Å²) in [6.45, 7) is 0.735. The Labute approximate surface area is 108 Å². The molecule has 2 rings (SSSR count). The van der Waals surface area contributed by atoms with Gasteiger partial charge in [-0.15, -0.1) is 0 Å². The van der Waals surface area contributed by atoms with E-state index in [1.807, 2.05) is 0 Å². The number of oxime groups is 1. The van der Waals surface area contributed by atoms with Gasteiger partial charge in [-0.25, -0.2) is 0 Å². The summed E-state index contributed by atoms with van der Waals surface area (Å²) in [6, 6.07) is 0. The summed E-state index contributed by atoms with van der Waals surface area (Å²) in [6.07, 6.45) is 7.97. The van der Waals surface area contributed by atoms with Crippen LogP contribution in [0.5, 0.6) is 0 Å². The van der Waals surface area contributed by atoms with Crippen LogP contribution in [0.4, 0.5) is 0 Å². The standard InChI is InChI=1S/C13H23N3O2/c14-11(16-18)13(7-3-1-2-4-8-13)12(17)15-9-10-5-6-10/h10,18H,1-9H2,(H2,14,16)(H,15,17). The van der Waals surface area contributed by atoms with Gasteiger partial charge in [0.2, 0.25) is 5.91 Å². The molecule has 0 spiro atoms. The molecule has 0 aromatic rings. The smallest absolute Gasteiger partial charge is 0.233 e. The van der Waals surface area contributed by atoms with E-state index in [0.29, 0.717) is 18.8 Å². The Hall–Kier alpha value is -1.26. The largest absolute Gasteiger partial charge is 0.409 e. The van der Waals surface area contributed by atoms with Gasteiger partial charge in [-0.2, -0.15) is 0 Å². The average Bonchev–Trinajstić information content (AvgIpc) is 3.21. The number of amidine groups is 1. The molecule has 5 nitrogen and oxygen atoms in total. The average molecular weight is 253 g/mol. The Morgan fingerprint density at radius 2 is 1.89 bits per heavy atom. The quantitative estimate of drug-likeness (QED) is 0.234. The van der Waals surface area contributed by atoms with Crippen molar-refractivity contribution in [2.24, 2.45) is 22.2 Å². The van der Waals surface area contributed by atoms with Gasteiger partial charge in [0.25, 0.3) is 0 Å². The molecule has 2 saturated carbocycles. The van der Waals surface area contributed by atoms with Crippen LogP contribution in [0, 0.1) is 11.3 Å². The Balaban J connectivity index is 2.08. The van der Waals surface area contributed by atoms with Crippen LogP contribution >= 0.6 is 0 Å². The molecule has 1 amide bonds. The van der Waals surface area contributed by atoms with Crippen molar-refractivity contribution in [3.63, 3.8) is 0 Å². The number of nitrogens with two attached hydrogens (primary N) is 1. The highest BCUT2D eigenvalue weighted by Gasteiger charge is 2.43. The first-order chi connectivity index (χ1) is 8.69. The fourth-order valence-corrected chi connectivity index (χ4v) is 2.76. The van der Waals surface area contributed by atoms with E-state index < -0.39 is 5.41 Å².